The van der Waals surface area contributed by atoms with Gasteiger partial charge in [0.1, 0.15) is 11.2 Å². The first-order valence-corrected chi connectivity index (χ1v) is 10.2. The maximum absolute atomic E-state index is 6.17. The third-order valence-electron chi connectivity index (χ3n) is 6.16. The molecule has 5 aromatic carbocycles. The monoisotopic (exact) mass is 383 g/mol. The van der Waals surface area contributed by atoms with Crippen molar-refractivity contribution in [3.63, 3.8) is 0 Å². The molecule has 0 aliphatic heterocycles. The number of aromatic nitrogens is 1. The lowest BCUT2D eigenvalue weighted by Crippen LogP contribution is -1.93. The molecule has 2 nitrogen and oxygen atoms in total. The summed E-state index contributed by atoms with van der Waals surface area (Å²) in [6, 6.07) is 36.6. The minimum atomic E-state index is 0.932. The maximum Gasteiger partial charge on any atom is 0.136 e. The van der Waals surface area contributed by atoms with E-state index in [4.69, 9.17) is 4.42 Å². The van der Waals surface area contributed by atoms with E-state index in [9.17, 15) is 0 Å². The number of furan rings is 1. The van der Waals surface area contributed by atoms with Gasteiger partial charge in [0.15, 0.2) is 0 Å². The van der Waals surface area contributed by atoms with E-state index in [1.807, 2.05) is 12.1 Å². The Morgan fingerprint density at radius 1 is 0.467 bits per heavy atom. The van der Waals surface area contributed by atoms with Gasteiger partial charge >= 0.3 is 0 Å². The zero-order chi connectivity index (χ0) is 19.7. The fourth-order valence-electron chi connectivity index (χ4n) is 4.78. The van der Waals surface area contributed by atoms with Crippen LogP contribution in [0.2, 0.25) is 0 Å². The summed E-state index contributed by atoms with van der Waals surface area (Å²) in [6.45, 7) is 0. The van der Waals surface area contributed by atoms with E-state index in [0.717, 1.165) is 21.9 Å². The summed E-state index contributed by atoms with van der Waals surface area (Å²) < 4.78 is 8.55. The summed E-state index contributed by atoms with van der Waals surface area (Å²) in [6.07, 6.45) is 0. The largest absolute Gasteiger partial charge is 0.456 e. The highest BCUT2D eigenvalue weighted by Crippen LogP contribution is 2.38. The zero-order valence-electron chi connectivity index (χ0n) is 16.2. The lowest BCUT2D eigenvalue weighted by Gasteiger charge is -2.09. The molecule has 2 aromatic heterocycles. The molecule has 0 N–H and O–H groups in total. The molecule has 0 saturated heterocycles. The van der Waals surface area contributed by atoms with Crippen molar-refractivity contribution in [3.05, 3.63) is 103 Å². The van der Waals surface area contributed by atoms with Crippen LogP contribution < -0.4 is 0 Å². The molecule has 0 radical (unpaired) electrons. The Kier molecular flexibility index (Phi) is 3.03. The molecule has 0 bridgehead atoms. The van der Waals surface area contributed by atoms with Crippen LogP contribution in [0.3, 0.4) is 0 Å². The molecule has 0 saturated carbocycles. The first-order chi connectivity index (χ1) is 14.9. The first kappa shape index (κ1) is 15.8. The molecule has 0 aliphatic rings. The van der Waals surface area contributed by atoms with Crippen molar-refractivity contribution in [1.82, 2.24) is 4.57 Å². The third kappa shape index (κ3) is 2.08. The van der Waals surface area contributed by atoms with Crippen LogP contribution in [0, 0.1) is 0 Å². The van der Waals surface area contributed by atoms with Crippen molar-refractivity contribution in [2.75, 3.05) is 0 Å². The molecular weight excluding hydrogens is 366 g/mol. The highest BCUT2D eigenvalue weighted by molar-refractivity contribution is 6.17. The Bertz CT molecular complexity index is 1750. The molecule has 140 valence electrons. The minimum Gasteiger partial charge on any atom is -0.456 e. The Morgan fingerprint density at radius 2 is 1.23 bits per heavy atom. The summed E-state index contributed by atoms with van der Waals surface area (Å²) >= 11 is 0. The molecule has 7 aromatic rings. The maximum atomic E-state index is 6.17. The Hall–Kier alpha value is -4.04. The summed E-state index contributed by atoms with van der Waals surface area (Å²) in [5.41, 5.74) is 5.45. The van der Waals surface area contributed by atoms with Gasteiger partial charge in [-0.2, -0.15) is 0 Å². The average molecular weight is 383 g/mol. The van der Waals surface area contributed by atoms with Crippen LogP contribution >= 0.6 is 0 Å². The molecule has 2 heteroatoms. The van der Waals surface area contributed by atoms with Crippen molar-refractivity contribution >= 4 is 54.5 Å². The van der Waals surface area contributed by atoms with Gasteiger partial charge in [-0.15, -0.1) is 0 Å². The van der Waals surface area contributed by atoms with Crippen LogP contribution in [0.15, 0.2) is 108 Å². The SMILES string of the molecule is c1ccc2cc(-n3c4ccccc4c4cc5oc6ccccc6c5cc43)ccc2c1. The number of nitrogens with zero attached hydrogens (tertiary/aromatic N) is 1. The van der Waals surface area contributed by atoms with Crippen LogP contribution in [0.25, 0.3) is 60.2 Å². The molecular formula is C28H17NO. The molecule has 0 aliphatic carbocycles. The van der Waals surface area contributed by atoms with Gasteiger partial charge < -0.3 is 8.98 Å². The van der Waals surface area contributed by atoms with Crippen molar-refractivity contribution in [1.29, 1.82) is 0 Å². The normalized spacial score (nSPS) is 12.0. The van der Waals surface area contributed by atoms with Crippen molar-refractivity contribution in [2.45, 2.75) is 0 Å². The van der Waals surface area contributed by atoms with E-state index in [1.54, 1.807) is 0 Å². The number of hydrogen-bond acceptors (Lipinski definition) is 1. The number of benzene rings is 5. The molecule has 0 spiro atoms. The Morgan fingerprint density at radius 3 is 2.17 bits per heavy atom. The molecule has 7 rings (SSSR count). The predicted octanol–water partition coefficient (Wildman–Crippen LogP) is 7.84. The van der Waals surface area contributed by atoms with Crippen LogP contribution in [0.5, 0.6) is 0 Å². The molecule has 0 unspecified atom stereocenters. The van der Waals surface area contributed by atoms with E-state index in [-0.39, 0.29) is 0 Å². The van der Waals surface area contributed by atoms with E-state index in [0.29, 0.717) is 0 Å². The standard InChI is InChI=1S/C28H17NO/c1-2-8-19-15-20(14-13-18(19)7-1)29-25-11-5-3-9-21(25)23-17-28-24(16-26(23)29)22-10-4-6-12-27(22)30-28/h1-17H. The number of rotatable bonds is 1. The highest BCUT2D eigenvalue weighted by Gasteiger charge is 2.16. The Balaban J connectivity index is 1.66. The summed E-state index contributed by atoms with van der Waals surface area (Å²) in [4.78, 5) is 0. The number of fused-ring (bicyclic) bond motifs is 7. The topological polar surface area (TPSA) is 18.1 Å². The zero-order valence-corrected chi connectivity index (χ0v) is 16.2. The van der Waals surface area contributed by atoms with Crippen LogP contribution in [0.4, 0.5) is 0 Å². The van der Waals surface area contributed by atoms with Crippen molar-refractivity contribution < 1.29 is 4.42 Å². The first-order valence-electron chi connectivity index (χ1n) is 10.2. The summed E-state index contributed by atoms with van der Waals surface area (Å²) in [5.74, 6) is 0. The molecule has 0 fully saturated rings. The molecule has 0 atom stereocenters. The van der Waals surface area contributed by atoms with Crippen molar-refractivity contribution in [3.8, 4) is 5.69 Å². The van der Waals surface area contributed by atoms with Crippen LogP contribution in [0.1, 0.15) is 0 Å². The van der Waals surface area contributed by atoms with E-state index < -0.39 is 0 Å². The predicted molar refractivity (Wildman–Crippen MR) is 126 cm³/mol. The Labute approximate surface area is 172 Å². The van der Waals surface area contributed by atoms with Crippen molar-refractivity contribution in [2.24, 2.45) is 0 Å². The second-order valence-corrected chi connectivity index (χ2v) is 7.85. The second-order valence-electron chi connectivity index (χ2n) is 7.85. The van der Waals surface area contributed by atoms with Crippen LogP contribution in [-0.4, -0.2) is 4.57 Å². The lowest BCUT2D eigenvalue weighted by atomic mass is 10.1. The molecule has 0 amide bonds. The molecule has 30 heavy (non-hydrogen) atoms. The average Bonchev–Trinajstić information content (AvgIpc) is 3.32. The van der Waals surface area contributed by atoms with Gasteiger partial charge in [-0.05, 0) is 47.2 Å². The van der Waals surface area contributed by atoms with E-state index in [2.05, 4.69) is 95.6 Å². The third-order valence-corrected chi connectivity index (χ3v) is 6.16. The van der Waals surface area contributed by atoms with Gasteiger partial charge in [0, 0.05) is 27.2 Å². The van der Waals surface area contributed by atoms with E-state index >= 15 is 0 Å². The van der Waals surface area contributed by atoms with Gasteiger partial charge in [-0.25, -0.2) is 0 Å². The highest BCUT2D eigenvalue weighted by atomic mass is 16.3. The van der Waals surface area contributed by atoms with Gasteiger partial charge in [0.25, 0.3) is 0 Å². The van der Waals surface area contributed by atoms with Gasteiger partial charge in [-0.3, -0.25) is 0 Å². The van der Waals surface area contributed by atoms with E-state index in [1.165, 1.54) is 38.3 Å². The fraction of sp³-hybridized carbons (Fsp3) is 0. The van der Waals surface area contributed by atoms with Crippen LogP contribution in [-0.2, 0) is 0 Å². The number of hydrogen-bond donors (Lipinski definition) is 0. The minimum absolute atomic E-state index is 0.932. The quantitative estimate of drug-likeness (QED) is 0.282. The lowest BCUT2D eigenvalue weighted by molar-refractivity contribution is 0.669. The van der Waals surface area contributed by atoms with Gasteiger partial charge in [-0.1, -0.05) is 66.7 Å². The van der Waals surface area contributed by atoms with Gasteiger partial charge in [0.05, 0.1) is 11.0 Å². The number of para-hydroxylation sites is 2. The second kappa shape index (κ2) is 5.74. The summed E-state index contributed by atoms with van der Waals surface area (Å²) in [5, 5.41) is 7.27. The molecule has 2 heterocycles. The smallest absolute Gasteiger partial charge is 0.136 e. The summed E-state index contributed by atoms with van der Waals surface area (Å²) in [7, 11) is 0. The fourth-order valence-corrected chi connectivity index (χ4v) is 4.78. The van der Waals surface area contributed by atoms with Gasteiger partial charge in [0.2, 0.25) is 0 Å².